The Hall–Kier alpha value is -1.49. The normalized spacial score (nSPS) is 10.5. The molecule has 2 aromatic rings. The fourth-order valence-corrected chi connectivity index (χ4v) is 2.13. The molecular formula is C14H9Cl3FNO2. The van der Waals surface area contributed by atoms with Crippen LogP contribution in [0.2, 0.25) is 15.1 Å². The number of hydrogen-bond donors (Lipinski definition) is 1. The third kappa shape index (κ3) is 3.79. The number of benzene rings is 2. The van der Waals surface area contributed by atoms with Crippen LogP contribution in [-0.2, 0) is 11.3 Å². The van der Waals surface area contributed by atoms with Crippen molar-refractivity contribution in [3.05, 3.63) is 62.3 Å². The lowest BCUT2D eigenvalue weighted by Gasteiger charge is -2.08. The molecule has 0 amide bonds. The summed E-state index contributed by atoms with van der Waals surface area (Å²) in [5, 5.41) is 0.300. The molecular weight excluding hydrogens is 340 g/mol. The molecule has 0 aliphatic heterocycles. The molecule has 0 aromatic heterocycles. The van der Waals surface area contributed by atoms with E-state index in [2.05, 4.69) is 0 Å². The second kappa shape index (κ2) is 6.52. The van der Waals surface area contributed by atoms with Crippen LogP contribution in [-0.4, -0.2) is 5.97 Å². The summed E-state index contributed by atoms with van der Waals surface area (Å²) in [6.07, 6.45) is 0. The lowest BCUT2D eigenvalue weighted by Crippen LogP contribution is -2.06. The Kier molecular flexibility index (Phi) is 4.93. The minimum Gasteiger partial charge on any atom is -0.457 e. The highest BCUT2D eigenvalue weighted by Gasteiger charge is 2.13. The van der Waals surface area contributed by atoms with Crippen LogP contribution < -0.4 is 5.73 Å². The average Bonchev–Trinajstić information content (AvgIpc) is 2.45. The highest BCUT2D eigenvalue weighted by Crippen LogP contribution is 2.29. The molecule has 2 rings (SSSR count). The standard InChI is InChI=1S/C14H9Cl3FNO2/c15-9-3-7(1-2-11(9)18)6-21-14(20)8-4-10(16)13(17)12(19)5-8/h1-5H,6,19H2. The van der Waals surface area contributed by atoms with Crippen molar-refractivity contribution in [3.8, 4) is 0 Å². The van der Waals surface area contributed by atoms with Crippen LogP contribution in [0, 0.1) is 5.82 Å². The number of esters is 1. The fourth-order valence-electron chi connectivity index (χ4n) is 1.59. The van der Waals surface area contributed by atoms with Crippen molar-refractivity contribution in [2.24, 2.45) is 0 Å². The van der Waals surface area contributed by atoms with Crippen LogP contribution in [0.25, 0.3) is 0 Å². The minimum absolute atomic E-state index is 0.0395. The monoisotopic (exact) mass is 347 g/mol. The van der Waals surface area contributed by atoms with Gasteiger partial charge in [0, 0.05) is 0 Å². The molecule has 21 heavy (non-hydrogen) atoms. The largest absolute Gasteiger partial charge is 0.457 e. The van der Waals surface area contributed by atoms with E-state index in [0.29, 0.717) is 5.56 Å². The Morgan fingerprint density at radius 3 is 2.48 bits per heavy atom. The number of nitrogen functional groups attached to an aromatic ring is 1. The van der Waals surface area contributed by atoms with Gasteiger partial charge in [-0.25, -0.2) is 9.18 Å². The van der Waals surface area contributed by atoms with Gasteiger partial charge in [0.2, 0.25) is 0 Å². The van der Waals surface area contributed by atoms with Gasteiger partial charge in [-0.15, -0.1) is 0 Å². The number of carbonyl (C=O) groups excluding carboxylic acids is 1. The molecule has 0 unspecified atom stereocenters. The number of rotatable bonds is 3. The van der Waals surface area contributed by atoms with E-state index in [1.807, 2.05) is 0 Å². The SMILES string of the molecule is Nc1cc(C(=O)OCc2ccc(F)c(Cl)c2)cc(Cl)c1Cl. The van der Waals surface area contributed by atoms with E-state index in [1.54, 1.807) is 0 Å². The molecule has 0 saturated heterocycles. The maximum Gasteiger partial charge on any atom is 0.338 e. The predicted octanol–water partition coefficient (Wildman–Crippen LogP) is 4.73. The zero-order chi connectivity index (χ0) is 15.6. The van der Waals surface area contributed by atoms with Gasteiger partial charge in [0.1, 0.15) is 12.4 Å². The second-order valence-corrected chi connectivity index (χ2v) is 5.38. The summed E-state index contributed by atoms with van der Waals surface area (Å²) in [5.74, 6) is -1.16. The van der Waals surface area contributed by atoms with Crippen LogP contribution in [0.1, 0.15) is 15.9 Å². The molecule has 0 heterocycles. The molecule has 0 spiro atoms. The predicted molar refractivity (Wildman–Crippen MR) is 81.4 cm³/mol. The van der Waals surface area contributed by atoms with Gasteiger partial charge in [-0.1, -0.05) is 40.9 Å². The smallest absolute Gasteiger partial charge is 0.338 e. The Labute approximate surface area is 135 Å². The molecule has 3 nitrogen and oxygen atoms in total. The van der Waals surface area contributed by atoms with Gasteiger partial charge in [0.05, 0.1) is 26.3 Å². The van der Waals surface area contributed by atoms with Crippen molar-refractivity contribution < 1.29 is 13.9 Å². The number of nitrogens with two attached hydrogens (primary N) is 1. The Morgan fingerprint density at radius 1 is 1.14 bits per heavy atom. The van der Waals surface area contributed by atoms with E-state index in [1.165, 1.54) is 30.3 Å². The Bertz CT molecular complexity index is 684. The van der Waals surface area contributed by atoms with Gasteiger partial charge in [0.25, 0.3) is 0 Å². The summed E-state index contributed by atoms with van der Waals surface area (Å²) in [6.45, 7) is -0.0566. The average molecular weight is 349 g/mol. The Balaban J connectivity index is 2.10. The summed E-state index contributed by atoms with van der Waals surface area (Å²) < 4.78 is 18.1. The van der Waals surface area contributed by atoms with Gasteiger partial charge in [-0.2, -0.15) is 0 Å². The molecule has 7 heteroatoms. The molecule has 0 saturated carbocycles. The second-order valence-electron chi connectivity index (χ2n) is 4.19. The summed E-state index contributed by atoms with van der Waals surface area (Å²) in [4.78, 5) is 11.9. The number of anilines is 1. The third-order valence-corrected chi connectivity index (χ3v) is 3.75. The molecule has 0 bridgehead atoms. The number of carbonyl (C=O) groups is 1. The van der Waals surface area contributed by atoms with Crippen molar-refractivity contribution in [3.63, 3.8) is 0 Å². The molecule has 0 radical (unpaired) electrons. The molecule has 2 aromatic carbocycles. The Morgan fingerprint density at radius 2 is 1.86 bits per heavy atom. The number of halogens is 4. The van der Waals surface area contributed by atoms with E-state index < -0.39 is 11.8 Å². The molecule has 0 fully saturated rings. The van der Waals surface area contributed by atoms with Crippen molar-refractivity contribution in [2.45, 2.75) is 6.61 Å². The molecule has 0 aliphatic carbocycles. The summed E-state index contributed by atoms with van der Waals surface area (Å²) in [6, 6.07) is 6.78. The lowest BCUT2D eigenvalue weighted by molar-refractivity contribution is 0.0473. The van der Waals surface area contributed by atoms with Gasteiger partial charge < -0.3 is 10.5 Å². The summed E-state index contributed by atoms with van der Waals surface area (Å²) >= 11 is 17.3. The zero-order valence-electron chi connectivity index (χ0n) is 10.5. The van der Waals surface area contributed by atoms with E-state index >= 15 is 0 Å². The van der Waals surface area contributed by atoms with Crippen LogP contribution >= 0.6 is 34.8 Å². The lowest BCUT2D eigenvalue weighted by atomic mass is 10.2. The first-order valence-electron chi connectivity index (χ1n) is 5.74. The van der Waals surface area contributed by atoms with Gasteiger partial charge in [-0.3, -0.25) is 0 Å². The van der Waals surface area contributed by atoms with Crippen LogP contribution in [0.5, 0.6) is 0 Å². The molecule has 0 atom stereocenters. The number of ether oxygens (including phenoxy) is 1. The van der Waals surface area contributed by atoms with Gasteiger partial charge in [0.15, 0.2) is 0 Å². The maximum atomic E-state index is 13.0. The van der Waals surface area contributed by atoms with Crippen molar-refractivity contribution in [1.29, 1.82) is 0 Å². The van der Waals surface area contributed by atoms with Gasteiger partial charge >= 0.3 is 5.97 Å². The quantitative estimate of drug-likeness (QED) is 0.644. The highest BCUT2D eigenvalue weighted by molar-refractivity contribution is 6.43. The first-order valence-corrected chi connectivity index (χ1v) is 6.87. The maximum absolute atomic E-state index is 13.0. The highest BCUT2D eigenvalue weighted by atomic mass is 35.5. The third-order valence-electron chi connectivity index (χ3n) is 2.65. The fraction of sp³-hybridized carbons (Fsp3) is 0.0714. The van der Waals surface area contributed by atoms with Crippen LogP contribution in [0.3, 0.4) is 0 Å². The van der Waals surface area contributed by atoms with Crippen molar-refractivity contribution in [2.75, 3.05) is 5.73 Å². The van der Waals surface area contributed by atoms with Crippen LogP contribution in [0.4, 0.5) is 10.1 Å². The zero-order valence-corrected chi connectivity index (χ0v) is 12.8. The van der Waals surface area contributed by atoms with Crippen molar-refractivity contribution in [1.82, 2.24) is 0 Å². The number of hydrogen-bond acceptors (Lipinski definition) is 3. The first-order chi connectivity index (χ1) is 9.88. The van der Waals surface area contributed by atoms with Crippen LogP contribution in [0.15, 0.2) is 30.3 Å². The van der Waals surface area contributed by atoms with Crippen molar-refractivity contribution >= 4 is 46.5 Å². The minimum atomic E-state index is -0.624. The molecule has 0 aliphatic rings. The molecule has 2 N–H and O–H groups in total. The molecule has 110 valence electrons. The summed E-state index contributed by atoms with van der Waals surface area (Å²) in [7, 11) is 0. The van der Waals surface area contributed by atoms with E-state index in [-0.39, 0.29) is 32.9 Å². The van der Waals surface area contributed by atoms with Gasteiger partial charge in [-0.05, 0) is 29.8 Å². The van der Waals surface area contributed by atoms with E-state index in [4.69, 9.17) is 45.3 Å². The van der Waals surface area contributed by atoms with E-state index in [9.17, 15) is 9.18 Å². The van der Waals surface area contributed by atoms with E-state index in [0.717, 1.165) is 0 Å². The topological polar surface area (TPSA) is 52.3 Å². The summed E-state index contributed by atoms with van der Waals surface area (Å²) in [5.41, 5.74) is 6.54. The first kappa shape index (κ1) is 15.9.